The molecule has 1 amide bonds. The van der Waals surface area contributed by atoms with Crippen LogP contribution in [0.15, 0.2) is 43.0 Å². The van der Waals surface area contributed by atoms with E-state index in [1.54, 1.807) is 10.9 Å². The van der Waals surface area contributed by atoms with Gasteiger partial charge in [-0.3, -0.25) is 9.48 Å². The molecule has 25 heavy (non-hydrogen) atoms. The number of pyridine rings is 1. The molecule has 0 bridgehead atoms. The molecule has 0 atom stereocenters. The van der Waals surface area contributed by atoms with Crippen LogP contribution >= 0.6 is 0 Å². The van der Waals surface area contributed by atoms with Gasteiger partial charge in [0, 0.05) is 24.8 Å². The fourth-order valence-electron chi connectivity index (χ4n) is 3.50. The lowest BCUT2D eigenvalue weighted by atomic mass is 9.87. The summed E-state index contributed by atoms with van der Waals surface area (Å²) in [5, 5.41) is 10.7. The predicted octanol–water partition coefficient (Wildman–Crippen LogP) is 1.23. The number of hydrogen-bond acceptors (Lipinski definition) is 4. The van der Waals surface area contributed by atoms with Crippen LogP contribution in [0.2, 0.25) is 0 Å². The summed E-state index contributed by atoms with van der Waals surface area (Å²) in [7, 11) is 0. The van der Waals surface area contributed by atoms with Gasteiger partial charge in [-0.2, -0.15) is 5.10 Å². The third-order valence-electron chi connectivity index (χ3n) is 4.88. The number of aryl methyl sites for hydroxylation is 1. The lowest BCUT2D eigenvalue weighted by Gasteiger charge is -2.36. The second-order valence-corrected chi connectivity index (χ2v) is 6.62. The number of amides is 1. The maximum absolute atomic E-state index is 13.0. The van der Waals surface area contributed by atoms with Crippen LogP contribution in [-0.2, 0) is 16.9 Å². The standard InChI is InChI=1S/C18H22N6O/c1-14-3-4-16-22-15(13-23(16)12-14)11-20-17(25)18(5-8-19-9-6-18)24-10-2-7-21-24/h2-4,7,10,12-13,19H,5-6,8-9,11H2,1H3,(H,20,25). The van der Waals surface area contributed by atoms with Crippen molar-refractivity contribution in [2.24, 2.45) is 0 Å². The third-order valence-corrected chi connectivity index (χ3v) is 4.88. The first kappa shape index (κ1) is 15.8. The molecule has 0 radical (unpaired) electrons. The Labute approximate surface area is 146 Å². The maximum Gasteiger partial charge on any atom is 0.248 e. The van der Waals surface area contributed by atoms with Crippen LogP contribution < -0.4 is 10.6 Å². The Kier molecular flexibility index (Phi) is 4.01. The summed E-state index contributed by atoms with van der Waals surface area (Å²) in [6, 6.07) is 5.88. The van der Waals surface area contributed by atoms with E-state index in [0.29, 0.717) is 6.54 Å². The number of nitrogens with zero attached hydrogens (tertiary/aromatic N) is 4. The van der Waals surface area contributed by atoms with Gasteiger partial charge in [-0.15, -0.1) is 0 Å². The molecule has 0 aromatic carbocycles. The van der Waals surface area contributed by atoms with Crippen molar-refractivity contribution in [1.29, 1.82) is 0 Å². The summed E-state index contributed by atoms with van der Waals surface area (Å²) in [4.78, 5) is 17.6. The van der Waals surface area contributed by atoms with Crippen LogP contribution in [0.5, 0.6) is 0 Å². The second kappa shape index (κ2) is 6.33. The molecular weight excluding hydrogens is 316 g/mol. The summed E-state index contributed by atoms with van der Waals surface area (Å²) < 4.78 is 3.79. The molecule has 0 spiro atoms. The monoisotopic (exact) mass is 338 g/mol. The first-order valence-electron chi connectivity index (χ1n) is 8.61. The van der Waals surface area contributed by atoms with Crippen molar-refractivity contribution in [3.63, 3.8) is 0 Å². The lowest BCUT2D eigenvalue weighted by Crippen LogP contribution is -2.54. The van der Waals surface area contributed by atoms with Gasteiger partial charge in [0.2, 0.25) is 5.91 Å². The summed E-state index contributed by atoms with van der Waals surface area (Å²) in [5.74, 6) is 0.00550. The fourth-order valence-corrected chi connectivity index (χ4v) is 3.50. The Morgan fingerprint density at radius 1 is 1.32 bits per heavy atom. The quantitative estimate of drug-likeness (QED) is 0.750. The van der Waals surface area contributed by atoms with Crippen molar-refractivity contribution < 1.29 is 4.79 Å². The van der Waals surface area contributed by atoms with E-state index in [4.69, 9.17) is 0 Å². The summed E-state index contributed by atoms with van der Waals surface area (Å²) >= 11 is 0. The van der Waals surface area contributed by atoms with Crippen molar-refractivity contribution in [3.8, 4) is 0 Å². The molecule has 1 saturated heterocycles. The van der Waals surface area contributed by atoms with Crippen molar-refractivity contribution in [2.75, 3.05) is 13.1 Å². The van der Waals surface area contributed by atoms with E-state index < -0.39 is 5.54 Å². The van der Waals surface area contributed by atoms with Crippen LogP contribution in [0.3, 0.4) is 0 Å². The highest BCUT2D eigenvalue weighted by atomic mass is 16.2. The number of nitrogens with one attached hydrogen (secondary N) is 2. The molecule has 130 valence electrons. The Bertz CT molecular complexity index is 876. The number of carbonyl (C=O) groups is 1. The molecule has 4 rings (SSSR count). The van der Waals surface area contributed by atoms with E-state index in [1.165, 1.54) is 5.56 Å². The molecule has 3 aromatic heterocycles. The number of hydrogen-bond donors (Lipinski definition) is 2. The van der Waals surface area contributed by atoms with Crippen LogP contribution in [-0.4, -0.2) is 38.2 Å². The number of carbonyl (C=O) groups excluding carboxylic acids is 1. The molecule has 3 aromatic rings. The van der Waals surface area contributed by atoms with Crippen molar-refractivity contribution in [3.05, 3.63) is 54.2 Å². The Balaban J connectivity index is 1.53. The molecule has 1 aliphatic heterocycles. The zero-order chi connectivity index (χ0) is 17.3. The Morgan fingerprint density at radius 2 is 2.16 bits per heavy atom. The minimum Gasteiger partial charge on any atom is -0.348 e. The minimum absolute atomic E-state index is 0.00550. The molecule has 2 N–H and O–H groups in total. The van der Waals surface area contributed by atoms with Crippen molar-refractivity contribution in [2.45, 2.75) is 31.8 Å². The molecule has 0 saturated carbocycles. The highest BCUT2D eigenvalue weighted by Gasteiger charge is 2.41. The second-order valence-electron chi connectivity index (χ2n) is 6.62. The van der Waals surface area contributed by atoms with Gasteiger partial charge in [0.1, 0.15) is 11.2 Å². The third kappa shape index (κ3) is 2.91. The molecule has 7 nitrogen and oxygen atoms in total. The highest BCUT2D eigenvalue weighted by molar-refractivity contribution is 5.84. The van der Waals surface area contributed by atoms with E-state index in [2.05, 4.69) is 20.7 Å². The molecular formula is C18H22N6O. The molecule has 7 heteroatoms. The first-order chi connectivity index (χ1) is 12.2. The van der Waals surface area contributed by atoms with Gasteiger partial charge in [-0.05, 0) is 50.6 Å². The van der Waals surface area contributed by atoms with Gasteiger partial charge in [0.05, 0.1) is 12.2 Å². The van der Waals surface area contributed by atoms with Crippen LogP contribution in [0.4, 0.5) is 0 Å². The lowest BCUT2D eigenvalue weighted by molar-refractivity contribution is -0.132. The normalized spacial score (nSPS) is 16.8. The SMILES string of the molecule is Cc1ccc2nc(CNC(=O)C3(n4cccn4)CCNCC3)cn2c1. The first-order valence-corrected chi connectivity index (χ1v) is 8.61. The average Bonchev–Trinajstić information content (AvgIpc) is 3.29. The van der Waals surface area contributed by atoms with E-state index in [9.17, 15) is 4.79 Å². The topological polar surface area (TPSA) is 76.2 Å². The Hall–Kier alpha value is -2.67. The summed E-state index contributed by atoms with van der Waals surface area (Å²) in [6.45, 7) is 4.07. The number of rotatable bonds is 4. The van der Waals surface area contributed by atoms with Gasteiger partial charge in [0.25, 0.3) is 0 Å². The summed E-state index contributed by atoms with van der Waals surface area (Å²) in [6.07, 6.45) is 9.05. The van der Waals surface area contributed by atoms with Gasteiger partial charge < -0.3 is 15.0 Å². The zero-order valence-electron chi connectivity index (χ0n) is 14.3. The molecule has 1 fully saturated rings. The van der Waals surface area contributed by atoms with Crippen LogP contribution in [0.25, 0.3) is 5.65 Å². The van der Waals surface area contributed by atoms with Crippen molar-refractivity contribution >= 4 is 11.6 Å². The molecule has 4 heterocycles. The van der Waals surface area contributed by atoms with E-state index in [0.717, 1.165) is 37.3 Å². The molecule has 0 unspecified atom stereocenters. The van der Waals surface area contributed by atoms with Gasteiger partial charge in [-0.1, -0.05) is 6.07 Å². The number of fused-ring (bicyclic) bond motifs is 1. The average molecular weight is 338 g/mol. The van der Waals surface area contributed by atoms with Crippen molar-refractivity contribution in [1.82, 2.24) is 29.8 Å². The minimum atomic E-state index is -0.621. The van der Waals surface area contributed by atoms with E-state index in [-0.39, 0.29) is 5.91 Å². The smallest absolute Gasteiger partial charge is 0.248 e. The van der Waals surface area contributed by atoms with Gasteiger partial charge in [-0.25, -0.2) is 4.98 Å². The fraction of sp³-hybridized carbons (Fsp3) is 0.389. The van der Waals surface area contributed by atoms with Gasteiger partial charge in [0.15, 0.2) is 0 Å². The van der Waals surface area contributed by atoms with Gasteiger partial charge >= 0.3 is 0 Å². The number of imidazole rings is 1. The highest BCUT2D eigenvalue weighted by Crippen LogP contribution is 2.27. The van der Waals surface area contributed by atoms with E-state index >= 15 is 0 Å². The zero-order valence-corrected chi connectivity index (χ0v) is 14.3. The molecule has 0 aliphatic carbocycles. The number of piperidine rings is 1. The Morgan fingerprint density at radius 3 is 2.92 bits per heavy atom. The van der Waals surface area contributed by atoms with Crippen LogP contribution in [0, 0.1) is 6.92 Å². The maximum atomic E-state index is 13.0. The summed E-state index contributed by atoms with van der Waals surface area (Å²) in [5.41, 5.74) is 2.29. The van der Waals surface area contributed by atoms with Crippen LogP contribution in [0.1, 0.15) is 24.1 Å². The van der Waals surface area contributed by atoms with E-state index in [1.807, 2.05) is 48.1 Å². The largest absolute Gasteiger partial charge is 0.348 e. The number of aromatic nitrogens is 4. The predicted molar refractivity (Wildman–Crippen MR) is 94.1 cm³/mol. The molecule has 1 aliphatic rings.